The molecule has 0 spiro atoms. The second-order valence-corrected chi connectivity index (χ2v) is 6.05. The molecule has 0 bridgehead atoms. The van der Waals surface area contributed by atoms with Crippen molar-refractivity contribution in [3.8, 4) is 0 Å². The summed E-state index contributed by atoms with van der Waals surface area (Å²) in [6, 6.07) is 0. The zero-order valence-electron chi connectivity index (χ0n) is 11.4. The van der Waals surface area contributed by atoms with Gasteiger partial charge in [-0.25, -0.2) is 4.68 Å². The molecule has 2 heterocycles. The largest absolute Gasteiger partial charge is 0.381 e. The molecule has 102 valence electrons. The molecule has 3 rings (SSSR count). The summed E-state index contributed by atoms with van der Waals surface area (Å²) in [5.74, 6) is 2.23. The quantitative estimate of drug-likeness (QED) is 0.899. The standard InChI is InChI=1S/C12H18N6O/c1-12(2,3)11-14-8(19-16-11)6-18-9(7-4-5-7)10(13)15-17-18/h7H,4-6,13H2,1-3H3. The van der Waals surface area contributed by atoms with Gasteiger partial charge in [0, 0.05) is 11.3 Å². The van der Waals surface area contributed by atoms with E-state index in [9.17, 15) is 0 Å². The lowest BCUT2D eigenvalue weighted by Crippen LogP contribution is -2.13. The van der Waals surface area contributed by atoms with Crippen LogP contribution in [0.2, 0.25) is 0 Å². The van der Waals surface area contributed by atoms with Crippen LogP contribution in [0.4, 0.5) is 5.82 Å². The minimum absolute atomic E-state index is 0.123. The van der Waals surface area contributed by atoms with Crippen LogP contribution < -0.4 is 5.73 Å². The lowest BCUT2D eigenvalue weighted by atomic mass is 9.96. The molecular formula is C12H18N6O. The summed E-state index contributed by atoms with van der Waals surface area (Å²) in [6.07, 6.45) is 2.29. The summed E-state index contributed by atoms with van der Waals surface area (Å²) >= 11 is 0. The molecule has 2 N–H and O–H groups in total. The number of nitrogens with two attached hydrogens (primary N) is 1. The van der Waals surface area contributed by atoms with Crippen LogP contribution in [0.25, 0.3) is 0 Å². The molecule has 0 atom stereocenters. The fraction of sp³-hybridized carbons (Fsp3) is 0.667. The van der Waals surface area contributed by atoms with Crippen molar-refractivity contribution in [2.24, 2.45) is 0 Å². The normalized spacial score (nSPS) is 15.9. The smallest absolute Gasteiger partial charge is 0.248 e. The number of hydrogen-bond acceptors (Lipinski definition) is 6. The molecular weight excluding hydrogens is 244 g/mol. The monoisotopic (exact) mass is 262 g/mol. The van der Waals surface area contributed by atoms with E-state index in [4.69, 9.17) is 10.3 Å². The molecule has 2 aromatic heterocycles. The van der Waals surface area contributed by atoms with Crippen molar-refractivity contribution in [3.63, 3.8) is 0 Å². The van der Waals surface area contributed by atoms with Crippen LogP contribution in [0, 0.1) is 0 Å². The van der Waals surface area contributed by atoms with Gasteiger partial charge in [-0.15, -0.1) is 5.10 Å². The second kappa shape index (κ2) is 4.04. The van der Waals surface area contributed by atoms with E-state index in [1.807, 2.05) is 20.8 Å². The average molecular weight is 262 g/mol. The maximum absolute atomic E-state index is 5.85. The van der Waals surface area contributed by atoms with Gasteiger partial charge in [0.15, 0.2) is 11.6 Å². The molecule has 0 amide bonds. The van der Waals surface area contributed by atoms with Crippen molar-refractivity contribution in [1.82, 2.24) is 25.1 Å². The van der Waals surface area contributed by atoms with E-state index >= 15 is 0 Å². The Morgan fingerprint density at radius 1 is 1.37 bits per heavy atom. The van der Waals surface area contributed by atoms with Gasteiger partial charge in [0.25, 0.3) is 0 Å². The summed E-state index contributed by atoms with van der Waals surface area (Å²) in [7, 11) is 0. The van der Waals surface area contributed by atoms with Gasteiger partial charge < -0.3 is 10.3 Å². The molecule has 0 aromatic carbocycles. The predicted octanol–water partition coefficient (Wildman–Crippen LogP) is 1.47. The van der Waals surface area contributed by atoms with Crippen molar-refractivity contribution in [2.75, 3.05) is 5.73 Å². The molecule has 0 unspecified atom stereocenters. The van der Waals surface area contributed by atoms with Gasteiger partial charge in [-0.05, 0) is 12.8 Å². The molecule has 7 heteroatoms. The molecule has 7 nitrogen and oxygen atoms in total. The number of nitrogens with zero attached hydrogens (tertiary/aromatic N) is 5. The SMILES string of the molecule is CC(C)(C)c1noc(Cn2nnc(N)c2C2CC2)n1. The highest BCUT2D eigenvalue weighted by molar-refractivity contribution is 5.38. The van der Waals surface area contributed by atoms with E-state index in [1.165, 1.54) is 0 Å². The molecule has 1 aliphatic rings. The first-order valence-corrected chi connectivity index (χ1v) is 6.47. The molecule has 1 fully saturated rings. The first-order chi connectivity index (χ1) is 8.95. The second-order valence-electron chi connectivity index (χ2n) is 6.05. The highest BCUT2D eigenvalue weighted by atomic mass is 16.5. The number of anilines is 1. The van der Waals surface area contributed by atoms with Crippen molar-refractivity contribution >= 4 is 5.82 Å². The Bertz CT molecular complexity index is 590. The first-order valence-electron chi connectivity index (χ1n) is 6.47. The maximum Gasteiger partial charge on any atom is 0.248 e. The van der Waals surface area contributed by atoms with E-state index < -0.39 is 0 Å². The van der Waals surface area contributed by atoms with Gasteiger partial charge >= 0.3 is 0 Å². The molecule has 19 heavy (non-hydrogen) atoms. The molecule has 1 aliphatic carbocycles. The predicted molar refractivity (Wildman–Crippen MR) is 68.5 cm³/mol. The number of rotatable bonds is 3. The van der Waals surface area contributed by atoms with Crippen molar-refractivity contribution in [3.05, 3.63) is 17.4 Å². The molecule has 2 aromatic rings. The van der Waals surface area contributed by atoms with Gasteiger partial charge in [0.1, 0.15) is 6.54 Å². The topological polar surface area (TPSA) is 95.7 Å². The Morgan fingerprint density at radius 3 is 2.68 bits per heavy atom. The molecule has 0 aliphatic heterocycles. The minimum atomic E-state index is -0.123. The lowest BCUT2D eigenvalue weighted by Gasteiger charge is -2.10. The summed E-state index contributed by atoms with van der Waals surface area (Å²) < 4.78 is 7.04. The molecule has 1 saturated carbocycles. The third kappa shape index (κ3) is 2.32. The summed E-state index contributed by atoms with van der Waals surface area (Å²) in [6.45, 7) is 6.57. The average Bonchev–Trinajstić information content (AvgIpc) is 2.91. The van der Waals surface area contributed by atoms with Gasteiger partial charge in [0.2, 0.25) is 5.89 Å². The fourth-order valence-electron chi connectivity index (χ4n) is 1.98. The summed E-state index contributed by atoms with van der Waals surface area (Å²) in [5.41, 5.74) is 6.72. The third-order valence-corrected chi connectivity index (χ3v) is 3.19. The maximum atomic E-state index is 5.85. The van der Waals surface area contributed by atoms with E-state index in [-0.39, 0.29) is 5.41 Å². The van der Waals surface area contributed by atoms with Crippen LogP contribution in [0.1, 0.15) is 56.9 Å². The summed E-state index contributed by atoms with van der Waals surface area (Å²) in [5, 5.41) is 12.0. The lowest BCUT2D eigenvalue weighted by molar-refractivity contribution is 0.350. The molecule has 0 radical (unpaired) electrons. The van der Waals surface area contributed by atoms with E-state index in [2.05, 4.69) is 20.5 Å². The van der Waals surface area contributed by atoms with Gasteiger partial charge in [0.05, 0.1) is 5.69 Å². The zero-order valence-corrected chi connectivity index (χ0v) is 11.4. The number of hydrogen-bond donors (Lipinski definition) is 1. The van der Waals surface area contributed by atoms with Crippen LogP contribution in [0.3, 0.4) is 0 Å². The highest BCUT2D eigenvalue weighted by Crippen LogP contribution is 2.42. The third-order valence-electron chi connectivity index (χ3n) is 3.19. The Balaban J connectivity index is 1.84. The van der Waals surface area contributed by atoms with Crippen LogP contribution >= 0.6 is 0 Å². The number of nitrogen functional groups attached to an aromatic ring is 1. The van der Waals surface area contributed by atoms with Gasteiger partial charge in [-0.2, -0.15) is 4.98 Å². The highest BCUT2D eigenvalue weighted by Gasteiger charge is 2.31. The van der Waals surface area contributed by atoms with Gasteiger partial charge in [-0.1, -0.05) is 31.1 Å². The molecule has 0 saturated heterocycles. The van der Waals surface area contributed by atoms with Crippen molar-refractivity contribution in [1.29, 1.82) is 0 Å². The van der Waals surface area contributed by atoms with Gasteiger partial charge in [-0.3, -0.25) is 0 Å². The number of aromatic nitrogens is 5. The van der Waals surface area contributed by atoms with E-state index in [0.29, 0.717) is 30.0 Å². The fourth-order valence-corrected chi connectivity index (χ4v) is 1.98. The van der Waals surface area contributed by atoms with Crippen molar-refractivity contribution < 1.29 is 4.52 Å². The van der Waals surface area contributed by atoms with Crippen LogP contribution in [-0.4, -0.2) is 25.1 Å². The Kier molecular flexibility index (Phi) is 2.58. The summed E-state index contributed by atoms with van der Waals surface area (Å²) in [4.78, 5) is 4.40. The minimum Gasteiger partial charge on any atom is -0.381 e. The Labute approximate surface area is 111 Å². The van der Waals surface area contributed by atoms with Crippen molar-refractivity contribution in [2.45, 2.75) is 51.5 Å². The van der Waals surface area contributed by atoms with E-state index in [0.717, 1.165) is 18.5 Å². The van der Waals surface area contributed by atoms with E-state index in [1.54, 1.807) is 4.68 Å². The van der Waals surface area contributed by atoms with Crippen LogP contribution in [0.5, 0.6) is 0 Å². The Hall–Kier alpha value is -1.92. The Morgan fingerprint density at radius 2 is 2.11 bits per heavy atom. The van der Waals surface area contributed by atoms with Crippen LogP contribution in [-0.2, 0) is 12.0 Å². The first kappa shape index (κ1) is 12.1. The zero-order chi connectivity index (χ0) is 13.6. The van der Waals surface area contributed by atoms with Crippen LogP contribution in [0.15, 0.2) is 4.52 Å².